The van der Waals surface area contributed by atoms with Crippen molar-refractivity contribution in [1.29, 1.82) is 0 Å². The molecule has 1 atom stereocenters. The quantitative estimate of drug-likeness (QED) is 0.227. The van der Waals surface area contributed by atoms with Gasteiger partial charge in [0.15, 0.2) is 0 Å². The Kier molecular flexibility index (Phi) is 5.27. The summed E-state index contributed by atoms with van der Waals surface area (Å²) in [6.07, 6.45) is 0.973. The van der Waals surface area contributed by atoms with Gasteiger partial charge in [0.1, 0.15) is 0 Å². The van der Waals surface area contributed by atoms with Crippen LogP contribution in [0.4, 0.5) is 0 Å². The summed E-state index contributed by atoms with van der Waals surface area (Å²) < 4.78 is 0. The molecule has 0 fully saturated rings. The zero-order valence-corrected chi connectivity index (χ0v) is 22.3. The second-order valence-electron chi connectivity index (χ2n) is 11.8. The molecule has 0 heteroatoms. The molecule has 0 spiro atoms. The average Bonchev–Trinajstić information content (AvgIpc) is 2.94. The van der Waals surface area contributed by atoms with Crippen molar-refractivity contribution in [3.8, 4) is 11.1 Å². The Balaban J connectivity index is 1.51. The molecule has 0 bridgehead atoms. The minimum Gasteiger partial charge on any atom is -0.0616 e. The van der Waals surface area contributed by atoms with Gasteiger partial charge in [-0.2, -0.15) is 0 Å². The largest absolute Gasteiger partial charge is 0.0616 e. The van der Waals surface area contributed by atoms with E-state index >= 15 is 0 Å². The van der Waals surface area contributed by atoms with Crippen LogP contribution in [0.2, 0.25) is 0 Å². The molecule has 0 N–H and O–H groups in total. The topological polar surface area (TPSA) is 0 Å². The molecule has 0 aromatic heterocycles. The molecule has 184 valence electrons. The maximum absolute atomic E-state index is 2.50. The molecule has 1 unspecified atom stereocenters. The molecule has 0 nitrogen and oxygen atoms in total. The van der Waals surface area contributed by atoms with Crippen molar-refractivity contribution in [2.45, 2.75) is 38.5 Å². The summed E-state index contributed by atoms with van der Waals surface area (Å²) in [7, 11) is 0. The van der Waals surface area contributed by atoms with E-state index in [9.17, 15) is 0 Å². The smallest absolute Gasteiger partial charge is 0.0352 e. The fraction of sp³-hybridized carbons (Fsp3) is 0.158. The summed E-state index contributed by atoms with van der Waals surface area (Å²) in [6, 6.07) is 45.5. The third-order valence-corrected chi connectivity index (χ3v) is 8.36. The molecule has 0 amide bonds. The van der Waals surface area contributed by atoms with Gasteiger partial charge in [-0.3, -0.25) is 0 Å². The van der Waals surface area contributed by atoms with Gasteiger partial charge in [-0.25, -0.2) is 0 Å². The standard InChI is InChI=1S/C38H32/c1-38(2,3)33-20-19-30-23-31-13-8-14-34(29-17-15-25-9-4-6-11-27(25)21-29)36(31)37(35(30)24-33)32-18-16-26-10-5-7-12-28(26)22-32/h4-22,24,37H,23H2,1-3H3. The van der Waals surface area contributed by atoms with Crippen molar-refractivity contribution in [1.82, 2.24) is 0 Å². The molecule has 7 rings (SSSR count). The van der Waals surface area contributed by atoms with Gasteiger partial charge in [0.2, 0.25) is 0 Å². The first-order valence-corrected chi connectivity index (χ1v) is 13.7. The fourth-order valence-electron chi connectivity index (χ4n) is 6.30. The summed E-state index contributed by atoms with van der Waals surface area (Å²) in [5.41, 5.74) is 11.3. The molecule has 1 aliphatic rings. The summed E-state index contributed by atoms with van der Waals surface area (Å²) >= 11 is 0. The summed E-state index contributed by atoms with van der Waals surface area (Å²) in [5.74, 6) is 0.184. The zero-order chi connectivity index (χ0) is 25.9. The third kappa shape index (κ3) is 3.84. The Hall–Kier alpha value is -4.16. The van der Waals surface area contributed by atoms with E-state index in [1.807, 2.05) is 0 Å². The van der Waals surface area contributed by atoms with Crippen molar-refractivity contribution in [2.24, 2.45) is 0 Å². The SMILES string of the molecule is CC(C)(C)c1ccc2c(c1)C(c1ccc3ccccc3c1)c1c(cccc1-c1ccc3ccccc3c1)C2. The van der Waals surface area contributed by atoms with E-state index in [4.69, 9.17) is 0 Å². The van der Waals surface area contributed by atoms with Crippen LogP contribution in [0.1, 0.15) is 60.1 Å². The lowest BCUT2D eigenvalue weighted by Crippen LogP contribution is -2.19. The van der Waals surface area contributed by atoms with Crippen LogP contribution in [-0.2, 0) is 11.8 Å². The maximum Gasteiger partial charge on any atom is 0.0352 e. The van der Waals surface area contributed by atoms with E-state index in [0.29, 0.717) is 0 Å². The van der Waals surface area contributed by atoms with Gasteiger partial charge >= 0.3 is 0 Å². The number of rotatable bonds is 2. The maximum atomic E-state index is 2.50. The Morgan fingerprint density at radius 2 is 1.24 bits per heavy atom. The molecule has 0 radical (unpaired) electrons. The second kappa shape index (κ2) is 8.71. The van der Waals surface area contributed by atoms with Crippen LogP contribution in [0, 0.1) is 0 Å². The predicted molar refractivity (Wildman–Crippen MR) is 162 cm³/mol. The Morgan fingerprint density at radius 1 is 0.553 bits per heavy atom. The van der Waals surface area contributed by atoms with Crippen molar-refractivity contribution < 1.29 is 0 Å². The molecule has 6 aromatic rings. The van der Waals surface area contributed by atoms with Crippen LogP contribution in [-0.4, -0.2) is 0 Å². The third-order valence-electron chi connectivity index (χ3n) is 8.36. The highest BCUT2D eigenvalue weighted by atomic mass is 14.3. The van der Waals surface area contributed by atoms with Crippen molar-refractivity contribution in [2.75, 3.05) is 0 Å². The lowest BCUT2D eigenvalue weighted by Gasteiger charge is -2.33. The van der Waals surface area contributed by atoms with Crippen molar-refractivity contribution >= 4 is 21.5 Å². The normalized spacial score (nSPS) is 14.9. The molecule has 0 aliphatic heterocycles. The Morgan fingerprint density at radius 3 is 1.97 bits per heavy atom. The summed E-state index contributed by atoms with van der Waals surface area (Å²) in [5, 5.41) is 5.16. The first-order valence-electron chi connectivity index (χ1n) is 13.7. The lowest BCUT2D eigenvalue weighted by atomic mass is 9.70. The first kappa shape index (κ1) is 23.0. The van der Waals surface area contributed by atoms with Gasteiger partial charge in [0.25, 0.3) is 0 Å². The monoisotopic (exact) mass is 488 g/mol. The number of hydrogen-bond donors (Lipinski definition) is 0. The van der Waals surface area contributed by atoms with E-state index in [0.717, 1.165) is 6.42 Å². The number of hydrogen-bond acceptors (Lipinski definition) is 0. The van der Waals surface area contributed by atoms with Gasteiger partial charge < -0.3 is 0 Å². The van der Waals surface area contributed by atoms with E-state index in [-0.39, 0.29) is 11.3 Å². The Labute approximate surface area is 225 Å². The zero-order valence-electron chi connectivity index (χ0n) is 22.3. The average molecular weight is 489 g/mol. The Bertz CT molecular complexity index is 1830. The van der Waals surface area contributed by atoms with Crippen LogP contribution in [0.15, 0.2) is 121 Å². The number of fused-ring (bicyclic) bond motifs is 4. The van der Waals surface area contributed by atoms with Crippen LogP contribution >= 0.6 is 0 Å². The van der Waals surface area contributed by atoms with Gasteiger partial charge in [-0.1, -0.05) is 136 Å². The van der Waals surface area contributed by atoms with Gasteiger partial charge in [0.05, 0.1) is 0 Å². The molecule has 38 heavy (non-hydrogen) atoms. The lowest BCUT2D eigenvalue weighted by molar-refractivity contribution is 0.588. The molecule has 0 saturated heterocycles. The second-order valence-corrected chi connectivity index (χ2v) is 11.8. The van der Waals surface area contributed by atoms with E-state index in [1.165, 1.54) is 66.1 Å². The molecular weight excluding hydrogens is 456 g/mol. The highest BCUT2D eigenvalue weighted by Gasteiger charge is 2.31. The van der Waals surface area contributed by atoms with Crippen LogP contribution in [0.3, 0.4) is 0 Å². The van der Waals surface area contributed by atoms with E-state index in [2.05, 4.69) is 142 Å². The van der Waals surface area contributed by atoms with Crippen LogP contribution in [0.25, 0.3) is 32.7 Å². The van der Waals surface area contributed by atoms with Gasteiger partial charge in [0, 0.05) is 5.92 Å². The highest BCUT2D eigenvalue weighted by molar-refractivity contribution is 5.89. The molecular formula is C38H32. The molecule has 1 aliphatic carbocycles. The van der Waals surface area contributed by atoms with Gasteiger partial charge in [-0.15, -0.1) is 0 Å². The van der Waals surface area contributed by atoms with Crippen molar-refractivity contribution in [3.05, 3.63) is 155 Å². The van der Waals surface area contributed by atoms with E-state index in [1.54, 1.807) is 0 Å². The van der Waals surface area contributed by atoms with E-state index < -0.39 is 0 Å². The van der Waals surface area contributed by atoms with Crippen molar-refractivity contribution in [3.63, 3.8) is 0 Å². The number of benzene rings is 6. The summed E-state index contributed by atoms with van der Waals surface area (Å²) in [4.78, 5) is 0. The summed E-state index contributed by atoms with van der Waals surface area (Å²) in [6.45, 7) is 6.95. The highest BCUT2D eigenvalue weighted by Crippen LogP contribution is 2.47. The molecule has 6 aromatic carbocycles. The fourth-order valence-corrected chi connectivity index (χ4v) is 6.30. The minimum atomic E-state index is 0.0983. The minimum absolute atomic E-state index is 0.0983. The van der Waals surface area contributed by atoms with Crippen LogP contribution in [0.5, 0.6) is 0 Å². The molecule has 0 saturated carbocycles. The van der Waals surface area contributed by atoms with Crippen LogP contribution < -0.4 is 0 Å². The predicted octanol–water partition coefficient (Wildman–Crippen LogP) is 10.0. The van der Waals surface area contributed by atoms with Gasteiger partial charge in [-0.05, 0) is 84.0 Å². The molecule has 0 heterocycles. The first-order chi connectivity index (χ1) is 18.5.